The number of ether oxygens (including phenoxy) is 1. The minimum absolute atomic E-state index is 0.0436. The normalized spacial score (nSPS) is 9.80. The summed E-state index contributed by atoms with van der Waals surface area (Å²) in [4.78, 5) is 24.2. The SMILES string of the molecule is COc1cc(=O)c(CNC(=O)I)c(F)[nH]1. The highest BCUT2D eigenvalue weighted by molar-refractivity contribution is 14.1. The van der Waals surface area contributed by atoms with Gasteiger partial charge in [0.2, 0.25) is 5.95 Å². The number of rotatable bonds is 3. The van der Waals surface area contributed by atoms with Gasteiger partial charge in [0.05, 0.1) is 19.2 Å². The summed E-state index contributed by atoms with van der Waals surface area (Å²) in [6.45, 7) is -0.146. The third-order valence-corrected chi connectivity index (χ3v) is 2.06. The molecule has 5 nitrogen and oxygen atoms in total. The van der Waals surface area contributed by atoms with Crippen LogP contribution in [0.15, 0.2) is 10.9 Å². The second kappa shape index (κ2) is 5.10. The molecule has 1 rings (SSSR count). The first-order chi connectivity index (χ1) is 7.04. The standard InChI is InChI=1S/C8H8FIN2O3/c1-15-6-2-5(13)4(7(9)12-6)3-11-8(10)14/h2H,3H2,1H3,(H,11,14)(H,12,13). The molecule has 0 spiro atoms. The largest absolute Gasteiger partial charge is 0.482 e. The highest BCUT2D eigenvalue weighted by Crippen LogP contribution is 2.06. The van der Waals surface area contributed by atoms with Gasteiger partial charge < -0.3 is 15.0 Å². The number of methoxy groups -OCH3 is 1. The molecule has 0 unspecified atom stereocenters. The molecule has 0 aliphatic carbocycles. The van der Waals surface area contributed by atoms with Crippen LogP contribution in [0.3, 0.4) is 0 Å². The van der Waals surface area contributed by atoms with E-state index >= 15 is 0 Å². The maximum Gasteiger partial charge on any atom is 0.280 e. The first-order valence-electron chi connectivity index (χ1n) is 3.93. The van der Waals surface area contributed by atoms with Crippen LogP contribution in [0.4, 0.5) is 9.18 Å². The fourth-order valence-electron chi connectivity index (χ4n) is 0.967. The van der Waals surface area contributed by atoms with Crippen LogP contribution in [-0.2, 0) is 6.54 Å². The van der Waals surface area contributed by atoms with E-state index in [1.807, 2.05) is 0 Å². The van der Waals surface area contributed by atoms with Crippen molar-refractivity contribution < 1.29 is 13.9 Å². The molecule has 0 bridgehead atoms. The van der Waals surface area contributed by atoms with Crippen LogP contribution in [0, 0.1) is 5.95 Å². The Bertz CT molecular complexity index is 432. The van der Waals surface area contributed by atoms with Crippen LogP contribution in [0.2, 0.25) is 0 Å². The van der Waals surface area contributed by atoms with E-state index in [1.165, 1.54) is 29.7 Å². The number of hydrogen-bond donors (Lipinski definition) is 2. The van der Waals surface area contributed by atoms with E-state index in [1.54, 1.807) is 0 Å². The van der Waals surface area contributed by atoms with E-state index in [9.17, 15) is 14.0 Å². The molecule has 1 aromatic heterocycles. The van der Waals surface area contributed by atoms with Crippen molar-refractivity contribution in [3.63, 3.8) is 0 Å². The Kier molecular flexibility index (Phi) is 4.06. The van der Waals surface area contributed by atoms with Crippen molar-refractivity contribution in [1.82, 2.24) is 10.3 Å². The summed E-state index contributed by atoms with van der Waals surface area (Å²) in [5, 5.41) is 2.33. The van der Waals surface area contributed by atoms with Crippen LogP contribution < -0.4 is 15.5 Å². The summed E-state index contributed by atoms with van der Waals surface area (Å²) >= 11 is 1.50. The highest BCUT2D eigenvalue weighted by atomic mass is 127. The van der Waals surface area contributed by atoms with Crippen molar-refractivity contribution in [3.8, 4) is 5.88 Å². The number of aromatic amines is 1. The molecule has 1 aromatic rings. The minimum Gasteiger partial charge on any atom is -0.482 e. The quantitative estimate of drug-likeness (QED) is 0.379. The number of nitrogens with one attached hydrogen (secondary N) is 2. The molecule has 0 aliphatic rings. The molecule has 15 heavy (non-hydrogen) atoms. The van der Waals surface area contributed by atoms with Crippen molar-refractivity contribution >= 4 is 26.5 Å². The van der Waals surface area contributed by atoms with Crippen LogP contribution >= 0.6 is 22.6 Å². The molecule has 0 radical (unpaired) electrons. The van der Waals surface area contributed by atoms with E-state index < -0.39 is 11.4 Å². The van der Waals surface area contributed by atoms with Gasteiger partial charge in [0.1, 0.15) is 0 Å². The van der Waals surface area contributed by atoms with Crippen molar-refractivity contribution in [1.29, 1.82) is 0 Å². The fourth-order valence-corrected chi connectivity index (χ4v) is 1.16. The summed E-state index contributed by atoms with van der Waals surface area (Å²) in [5.74, 6) is -0.758. The van der Waals surface area contributed by atoms with Gasteiger partial charge >= 0.3 is 0 Å². The number of hydrogen-bond acceptors (Lipinski definition) is 3. The number of carbonyl (C=O) groups is 1. The van der Waals surface area contributed by atoms with Gasteiger partial charge in [0.25, 0.3) is 3.91 Å². The summed E-state index contributed by atoms with van der Waals surface area (Å²) in [6, 6.07) is 1.12. The Morgan fingerprint density at radius 1 is 1.73 bits per heavy atom. The smallest absolute Gasteiger partial charge is 0.280 e. The Morgan fingerprint density at radius 2 is 2.40 bits per heavy atom. The van der Waals surface area contributed by atoms with Crippen LogP contribution in [-0.4, -0.2) is 16.0 Å². The molecule has 0 aromatic carbocycles. The van der Waals surface area contributed by atoms with Gasteiger partial charge in [-0.05, 0) is 0 Å². The maximum absolute atomic E-state index is 13.3. The predicted molar refractivity (Wildman–Crippen MR) is 59.8 cm³/mol. The van der Waals surface area contributed by atoms with Gasteiger partial charge in [-0.25, -0.2) is 0 Å². The van der Waals surface area contributed by atoms with E-state index in [0.717, 1.165) is 6.07 Å². The number of halogens is 2. The zero-order valence-corrected chi connectivity index (χ0v) is 9.92. The summed E-state index contributed by atoms with van der Waals surface area (Å²) in [6.07, 6.45) is 0. The molecule has 0 fully saturated rings. The Morgan fingerprint density at radius 3 is 2.87 bits per heavy atom. The first kappa shape index (κ1) is 12.0. The summed E-state index contributed by atoms with van der Waals surface area (Å²) in [7, 11) is 1.32. The van der Waals surface area contributed by atoms with Crippen molar-refractivity contribution in [2.75, 3.05) is 7.11 Å². The zero-order chi connectivity index (χ0) is 11.4. The lowest BCUT2D eigenvalue weighted by Gasteiger charge is -2.04. The van der Waals surface area contributed by atoms with Gasteiger partial charge in [-0.2, -0.15) is 4.39 Å². The van der Waals surface area contributed by atoms with E-state index in [-0.39, 0.29) is 21.9 Å². The first-order valence-corrected chi connectivity index (χ1v) is 5.01. The lowest BCUT2D eigenvalue weighted by Crippen LogP contribution is -2.23. The molecule has 0 saturated heterocycles. The second-order valence-corrected chi connectivity index (χ2v) is 3.60. The molecule has 0 aliphatic heterocycles. The molecule has 1 heterocycles. The lowest BCUT2D eigenvalue weighted by molar-refractivity contribution is 0.262. The average molecular weight is 326 g/mol. The molecule has 1 amide bonds. The molecule has 82 valence electrons. The van der Waals surface area contributed by atoms with Crippen molar-refractivity contribution in [2.24, 2.45) is 0 Å². The third-order valence-electron chi connectivity index (χ3n) is 1.68. The maximum atomic E-state index is 13.3. The zero-order valence-electron chi connectivity index (χ0n) is 7.77. The van der Waals surface area contributed by atoms with E-state index in [2.05, 4.69) is 15.0 Å². The molecule has 0 saturated carbocycles. The summed E-state index contributed by atoms with van der Waals surface area (Å²) in [5.41, 5.74) is -0.644. The van der Waals surface area contributed by atoms with Gasteiger partial charge in [-0.3, -0.25) is 9.59 Å². The van der Waals surface area contributed by atoms with Gasteiger partial charge in [0.15, 0.2) is 11.3 Å². The van der Waals surface area contributed by atoms with E-state index in [4.69, 9.17) is 0 Å². The predicted octanol–water partition coefficient (Wildman–Crippen LogP) is 1.17. The van der Waals surface area contributed by atoms with Crippen molar-refractivity contribution in [3.05, 3.63) is 27.8 Å². The van der Waals surface area contributed by atoms with Gasteiger partial charge in [0, 0.05) is 28.7 Å². The van der Waals surface area contributed by atoms with Crippen LogP contribution in [0.25, 0.3) is 0 Å². The van der Waals surface area contributed by atoms with Crippen LogP contribution in [0.5, 0.6) is 5.88 Å². The fraction of sp³-hybridized carbons (Fsp3) is 0.250. The molecule has 2 N–H and O–H groups in total. The molecule has 7 heteroatoms. The molecule has 0 atom stereocenters. The number of amides is 1. The Balaban J connectivity index is 2.98. The van der Waals surface area contributed by atoms with Gasteiger partial charge in [-0.15, -0.1) is 0 Å². The van der Waals surface area contributed by atoms with Crippen molar-refractivity contribution in [2.45, 2.75) is 6.54 Å². The Hall–Kier alpha value is -1.12. The Labute approximate surface area is 98.2 Å². The number of carbonyl (C=O) groups excluding carboxylic acids is 1. The van der Waals surface area contributed by atoms with E-state index in [0.29, 0.717) is 0 Å². The monoisotopic (exact) mass is 326 g/mol. The number of aromatic nitrogens is 1. The third kappa shape index (κ3) is 3.18. The number of pyridine rings is 1. The molecular formula is C8H8FIN2O3. The minimum atomic E-state index is -0.801. The average Bonchev–Trinajstić information content (AvgIpc) is 2.15. The highest BCUT2D eigenvalue weighted by Gasteiger charge is 2.10. The topological polar surface area (TPSA) is 71.2 Å². The van der Waals surface area contributed by atoms with Crippen LogP contribution in [0.1, 0.15) is 5.56 Å². The summed E-state index contributed by atoms with van der Waals surface area (Å²) < 4.78 is 17.6. The lowest BCUT2D eigenvalue weighted by atomic mass is 10.2. The second-order valence-electron chi connectivity index (χ2n) is 2.62. The number of H-pyrrole nitrogens is 1. The van der Waals surface area contributed by atoms with Gasteiger partial charge in [-0.1, -0.05) is 0 Å². The molecular weight excluding hydrogens is 318 g/mol.